The highest BCUT2D eigenvalue weighted by Gasteiger charge is 2.18. The van der Waals surface area contributed by atoms with Gasteiger partial charge in [-0.2, -0.15) is 0 Å². The van der Waals surface area contributed by atoms with Gasteiger partial charge in [-0.25, -0.2) is 19.3 Å². The van der Waals surface area contributed by atoms with Crippen molar-refractivity contribution in [3.8, 4) is 22.6 Å². The van der Waals surface area contributed by atoms with Crippen LogP contribution in [0.3, 0.4) is 0 Å². The van der Waals surface area contributed by atoms with Crippen molar-refractivity contribution in [3.63, 3.8) is 0 Å². The second-order valence-electron chi connectivity index (χ2n) is 6.75. The maximum atomic E-state index is 13.4. The van der Waals surface area contributed by atoms with Crippen LogP contribution in [0.25, 0.3) is 28.3 Å². The maximum absolute atomic E-state index is 13.4. The van der Waals surface area contributed by atoms with Crippen LogP contribution in [-0.2, 0) is 6.54 Å². The van der Waals surface area contributed by atoms with Crippen LogP contribution in [0, 0.1) is 5.82 Å². The fraction of sp³-hybridized carbons (Fsp3) is 0.190. The number of aromatic nitrogens is 4. The molecule has 0 spiro atoms. The first kappa shape index (κ1) is 18.6. The largest absolute Gasteiger partial charge is 0.305 e. The van der Waals surface area contributed by atoms with Crippen molar-refractivity contribution >= 4 is 17.4 Å². The van der Waals surface area contributed by atoms with Gasteiger partial charge in [0.2, 0.25) is 0 Å². The summed E-state index contributed by atoms with van der Waals surface area (Å²) in [5.41, 5.74) is 5.28. The van der Waals surface area contributed by atoms with Gasteiger partial charge in [0, 0.05) is 24.5 Å². The van der Waals surface area contributed by atoms with Gasteiger partial charge in [0.1, 0.15) is 11.5 Å². The van der Waals surface area contributed by atoms with Crippen LogP contribution in [0.2, 0.25) is 0 Å². The Hall–Kier alpha value is -2.77. The first-order valence-corrected chi connectivity index (χ1v) is 10.1. The maximum Gasteiger partial charge on any atom is 0.187 e. The van der Waals surface area contributed by atoms with Crippen molar-refractivity contribution < 1.29 is 4.39 Å². The number of benzene rings is 1. The van der Waals surface area contributed by atoms with E-state index in [1.807, 2.05) is 37.0 Å². The van der Waals surface area contributed by atoms with Crippen molar-refractivity contribution in [1.82, 2.24) is 24.3 Å². The van der Waals surface area contributed by atoms with Gasteiger partial charge in [-0.1, -0.05) is 11.8 Å². The fourth-order valence-electron chi connectivity index (χ4n) is 3.18. The molecule has 1 aromatic carbocycles. The highest BCUT2D eigenvalue weighted by atomic mass is 32.2. The molecule has 0 fully saturated rings. The highest BCUT2D eigenvalue weighted by molar-refractivity contribution is 7.98. The molecule has 142 valence electrons. The molecular weight excluding hydrogens is 373 g/mol. The van der Waals surface area contributed by atoms with Gasteiger partial charge in [-0.3, -0.25) is 4.40 Å². The van der Waals surface area contributed by atoms with Crippen LogP contribution in [0.5, 0.6) is 0 Å². The third-order valence-corrected chi connectivity index (χ3v) is 4.93. The summed E-state index contributed by atoms with van der Waals surface area (Å²) in [5, 5.41) is 0.696. The van der Waals surface area contributed by atoms with Crippen LogP contribution in [0.4, 0.5) is 4.39 Å². The van der Waals surface area contributed by atoms with E-state index >= 15 is 0 Å². The molecule has 0 saturated carbocycles. The zero-order chi connectivity index (χ0) is 19.7. The standard InChI is InChI=1S/C21H20FN5S/c1-26(2)13-14-9-11-27-18(12-14)25-19(15-4-6-16(22)7-5-15)20(27)17-8-10-23-21(24-17)28-3/h4-12H,13H2,1-3H3. The van der Waals surface area contributed by atoms with Crippen molar-refractivity contribution in [2.24, 2.45) is 0 Å². The summed E-state index contributed by atoms with van der Waals surface area (Å²) in [6, 6.07) is 12.4. The molecule has 0 aliphatic rings. The van der Waals surface area contributed by atoms with Gasteiger partial charge in [0.25, 0.3) is 0 Å². The van der Waals surface area contributed by atoms with Crippen LogP contribution in [-0.4, -0.2) is 44.6 Å². The minimum atomic E-state index is -0.269. The molecule has 0 atom stereocenters. The number of hydrogen-bond acceptors (Lipinski definition) is 5. The smallest absolute Gasteiger partial charge is 0.187 e. The number of halogens is 1. The lowest BCUT2D eigenvalue weighted by atomic mass is 10.1. The summed E-state index contributed by atoms with van der Waals surface area (Å²) in [6.07, 6.45) is 5.72. The van der Waals surface area contributed by atoms with E-state index in [9.17, 15) is 4.39 Å². The molecule has 0 saturated heterocycles. The Kier molecular flexibility index (Phi) is 5.11. The van der Waals surface area contributed by atoms with Crippen molar-refractivity contribution in [1.29, 1.82) is 0 Å². The Labute approximate surface area is 167 Å². The average Bonchev–Trinajstić information content (AvgIpc) is 3.06. The fourth-order valence-corrected chi connectivity index (χ4v) is 3.53. The van der Waals surface area contributed by atoms with Gasteiger partial charge >= 0.3 is 0 Å². The Morgan fingerprint density at radius 2 is 1.86 bits per heavy atom. The Morgan fingerprint density at radius 1 is 1.07 bits per heavy atom. The third kappa shape index (κ3) is 3.63. The summed E-state index contributed by atoms with van der Waals surface area (Å²) < 4.78 is 15.5. The van der Waals surface area contributed by atoms with E-state index in [4.69, 9.17) is 4.98 Å². The summed E-state index contributed by atoms with van der Waals surface area (Å²) >= 11 is 1.49. The molecule has 5 nitrogen and oxygen atoms in total. The summed E-state index contributed by atoms with van der Waals surface area (Å²) in [5.74, 6) is -0.269. The van der Waals surface area contributed by atoms with E-state index in [0.29, 0.717) is 5.16 Å². The van der Waals surface area contributed by atoms with Crippen LogP contribution >= 0.6 is 11.8 Å². The topological polar surface area (TPSA) is 46.3 Å². The Morgan fingerprint density at radius 3 is 2.57 bits per heavy atom. The van der Waals surface area contributed by atoms with Gasteiger partial charge in [0.05, 0.1) is 17.1 Å². The molecule has 0 aliphatic carbocycles. The van der Waals surface area contributed by atoms with Crippen LogP contribution in [0.15, 0.2) is 60.0 Å². The normalized spacial score (nSPS) is 11.5. The zero-order valence-electron chi connectivity index (χ0n) is 15.9. The molecule has 0 aliphatic heterocycles. The number of rotatable bonds is 5. The lowest BCUT2D eigenvalue weighted by Gasteiger charge is -2.10. The van der Waals surface area contributed by atoms with E-state index in [0.717, 1.165) is 34.8 Å². The quantitative estimate of drug-likeness (QED) is 0.372. The molecule has 4 aromatic rings. The molecule has 0 bridgehead atoms. The van der Waals surface area contributed by atoms with E-state index in [1.54, 1.807) is 18.3 Å². The number of fused-ring (bicyclic) bond motifs is 1. The number of thioether (sulfide) groups is 1. The van der Waals surface area contributed by atoms with Gasteiger partial charge in [-0.05, 0) is 68.4 Å². The van der Waals surface area contributed by atoms with Crippen LogP contribution in [0.1, 0.15) is 5.56 Å². The van der Waals surface area contributed by atoms with Crippen molar-refractivity contribution in [2.45, 2.75) is 11.7 Å². The molecule has 0 amide bonds. The second-order valence-corrected chi connectivity index (χ2v) is 7.52. The number of pyridine rings is 1. The van der Waals surface area contributed by atoms with E-state index in [1.165, 1.54) is 29.5 Å². The predicted molar refractivity (Wildman–Crippen MR) is 111 cm³/mol. The molecule has 0 radical (unpaired) electrons. The molecule has 3 aromatic heterocycles. The Balaban J connectivity index is 1.95. The molecular formula is C21H20FN5S. The number of hydrogen-bond donors (Lipinski definition) is 0. The SMILES string of the molecule is CSc1nccc(-c2c(-c3ccc(F)cc3)nc3cc(CN(C)C)ccn23)n1. The summed E-state index contributed by atoms with van der Waals surface area (Å²) in [4.78, 5) is 15.9. The van der Waals surface area contributed by atoms with Gasteiger partial charge in [-0.15, -0.1) is 0 Å². The third-order valence-electron chi connectivity index (χ3n) is 4.37. The molecule has 0 unspecified atom stereocenters. The van der Waals surface area contributed by atoms with Gasteiger partial charge < -0.3 is 4.90 Å². The minimum absolute atomic E-state index is 0.269. The monoisotopic (exact) mass is 393 g/mol. The zero-order valence-corrected chi connectivity index (χ0v) is 16.7. The van der Waals surface area contributed by atoms with Crippen molar-refractivity contribution in [2.75, 3.05) is 20.4 Å². The van der Waals surface area contributed by atoms with Crippen molar-refractivity contribution in [3.05, 3.63) is 66.2 Å². The minimum Gasteiger partial charge on any atom is -0.305 e. The van der Waals surface area contributed by atoms with E-state index in [2.05, 4.69) is 27.0 Å². The molecule has 0 N–H and O–H groups in total. The lowest BCUT2D eigenvalue weighted by Crippen LogP contribution is -2.10. The summed E-state index contributed by atoms with van der Waals surface area (Å²) in [7, 11) is 4.08. The molecule has 7 heteroatoms. The molecule has 4 rings (SSSR count). The highest BCUT2D eigenvalue weighted by Crippen LogP contribution is 2.32. The first-order chi connectivity index (χ1) is 13.5. The molecule has 28 heavy (non-hydrogen) atoms. The predicted octanol–water partition coefficient (Wildman–Crippen LogP) is 4.38. The number of nitrogens with zero attached hydrogens (tertiary/aromatic N) is 5. The Bertz CT molecular complexity index is 1120. The first-order valence-electron chi connectivity index (χ1n) is 8.84. The van der Waals surface area contributed by atoms with E-state index < -0.39 is 0 Å². The average molecular weight is 393 g/mol. The van der Waals surface area contributed by atoms with E-state index in [-0.39, 0.29) is 5.82 Å². The number of imidazole rings is 1. The molecule has 3 heterocycles. The summed E-state index contributed by atoms with van der Waals surface area (Å²) in [6.45, 7) is 0.828. The van der Waals surface area contributed by atoms with Gasteiger partial charge in [0.15, 0.2) is 5.16 Å². The van der Waals surface area contributed by atoms with Crippen LogP contribution < -0.4 is 0 Å². The second kappa shape index (κ2) is 7.69. The lowest BCUT2D eigenvalue weighted by molar-refractivity contribution is 0.402.